The lowest BCUT2D eigenvalue weighted by Gasteiger charge is -2.29. The number of nitrogens with zero attached hydrogens (tertiary/aromatic N) is 3. The summed E-state index contributed by atoms with van der Waals surface area (Å²) in [7, 11) is 0. The summed E-state index contributed by atoms with van der Waals surface area (Å²) in [4.78, 5) is 11.3. The van der Waals surface area contributed by atoms with Gasteiger partial charge in [0.25, 0.3) is 0 Å². The molecule has 2 heterocycles. The van der Waals surface area contributed by atoms with E-state index in [0.717, 1.165) is 41.6 Å². The van der Waals surface area contributed by atoms with Crippen molar-refractivity contribution in [3.8, 4) is 0 Å². The molecule has 2 aromatic carbocycles. The van der Waals surface area contributed by atoms with Gasteiger partial charge in [-0.2, -0.15) is 4.98 Å². The number of benzene rings is 2. The Bertz CT molecular complexity index is 910. The molecule has 0 aliphatic carbocycles. The van der Waals surface area contributed by atoms with Crippen molar-refractivity contribution < 1.29 is 0 Å². The molecule has 4 rings (SSSR count). The first-order valence-corrected chi connectivity index (χ1v) is 8.75. The SMILES string of the molecule is Cc1ccc(Nc2nccc(N3CCc4ccccc4C3)n2)cc1Cl. The van der Waals surface area contributed by atoms with E-state index in [-0.39, 0.29) is 0 Å². The summed E-state index contributed by atoms with van der Waals surface area (Å²) in [5.41, 5.74) is 4.73. The number of hydrogen-bond donors (Lipinski definition) is 1. The quantitative estimate of drug-likeness (QED) is 0.740. The van der Waals surface area contributed by atoms with Crippen molar-refractivity contribution in [3.05, 3.63) is 76.4 Å². The van der Waals surface area contributed by atoms with E-state index in [1.165, 1.54) is 11.1 Å². The Kier molecular flexibility index (Phi) is 4.28. The first-order valence-electron chi connectivity index (χ1n) is 8.37. The monoisotopic (exact) mass is 350 g/mol. The Morgan fingerprint density at radius 2 is 1.92 bits per heavy atom. The molecular weight excluding hydrogens is 332 g/mol. The van der Waals surface area contributed by atoms with Crippen LogP contribution in [0.1, 0.15) is 16.7 Å². The minimum absolute atomic E-state index is 0.580. The third-order valence-electron chi connectivity index (χ3n) is 4.52. The van der Waals surface area contributed by atoms with E-state index in [2.05, 4.69) is 44.5 Å². The second-order valence-electron chi connectivity index (χ2n) is 6.27. The molecule has 0 unspecified atom stereocenters. The Morgan fingerprint density at radius 3 is 2.76 bits per heavy atom. The molecule has 1 aliphatic rings. The van der Waals surface area contributed by atoms with Gasteiger partial charge in [0.15, 0.2) is 0 Å². The third kappa shape index (κ3) is 3.44. The average Bonchev–Trinajstić information content (AvgIpc) is 2.65. The minimum Gasteiger partial charge on any atom is -0.352 e. The van der Waals surface area contributed by atoms with Crippen molar-refractivity contribution in [2.24, 2.45) is 0 Å². The molecule has 0 amide bonds. The molecule has 4 nitrogen and oxygen atoms in total. The molecule has 0 spiro atoms. The van der Waals surface area contributed by atoms with Gasteiger partial charge in [-0.25, -0.2) is 4.98 Å². The predicted octanol–water partition coefficient (Wildman–Crippen LogP) is 4.74. The van der Waals surface area contributed by atoms with Crippen LogP contribution < -0.4 is 10.2 Å². The maximum atomic E-state index is 6.19. The Labute approximate surface area is 152 Å². The van der Waals surface area contributed by atoms with Gasteiger partial charge >= 0.3 is 0 Å². The third-order valence-corrected chi connectivity index (χ3v) is 4.93. The molecule has 0 fully saturated rings. The van der Waals surface area contributed by atoms with Crippen LogP contribution in [0.15, 0.2) is 54.7 Å². The number of hydrogen-bond acceptors (Lipinski definition) is 4. The Balaban J connectivity index is 1.55. The predicted molar refractivity (Wildman–Crippen MR) is 103 cm³/mol. The zero-order valence-corrected chi connectivity index (χ0v) is 14.8. The highest BCUT2D eigenvalue weighted by atomic mass is 35.5. The number of aromatic nitrogens is 2. The van der Waals surface area contributed by atoms with Crippen LogP contribution in [0, 0.1) is 6.92 Å². The first kappa shape index (κ1) is 15.9. The van der Waals surface area contributed by atoms with Crippen LogP contribution in [-0.2, 0) is 13.0 Å². The number of fused-ring (bicyclic) bond motifs is 1. The molecule has 0 saturated carbocycles. The van der Waals surface area contributed by atoms with Gasteiger partial charge in [-0.15, -0.1) is 0 Å². The fourth-order valence-electron chi connectivity index (χ4n) is 3.08. The van der Waals surface area contributed by atoms with E-state index in [0.29, 0.717) is 5.95 Å². The lowest BCUT2D eigenvalue weighted by atomic mass is 10.00. The lowest BCUT2D eigenvalue weighted by molar-refractivity contribution is 0.720. The number of anilines is 3. The highest BCUT2D eigenvalue weighted by Gasteiger charge is 2.17. The van der Waals surface area contributed by atoms with Crippen molar-refractivity contribution in [1.29, 1.82) is 0 Å². The average molecular weight is 351 g/mol. The van der Waals surface area contributed by atoms with Gasteiger partial charge in [0.2, 0.25) is 5.95 Å². The van der Waals surface area contributed by atoms with Crippen molar-refractivity contribution in [1.82, 2.24) is 9.97 Å². The van der Waals surface area contributed by atoms with E-state index >= 15 is 0 Å². The van der Waals surface area contributed by atoms with Crippen molar-refractivity contribution in [3.63, 3.8) is 0 Å². The van der Waals surface area contributed by atoms with Crippen LogP contribution in [-0.4, -0.2) is 16.5 Å². The number of nitrogens with one attached hydrogen (secondary N) is 1. The van der Waals surface area contributed by atoms with Gasteiger partial charge in [0.05, 0.1) is 0 Å². The maximum absolute atomic E-state index is 6.19. The molecule has 0 bridgehead atoms. The molecule has 126 valence electrons. The minimum atomic E-state index is 0.580. The van der Waals surface area contributed by atoms with E-state index in [1.54, 1.807) is 6.20 Å². The standard InChI is InChI=1S/C20H19ClN4/c1-14-6-7-17(12-18(14)21)23-20-22-10-8-19(24-20)25-11-9-15-4-2-3-5-16(15)13-25/h2-8,10,12H,9,11,13H2,1H3,(H,22,23,24). The van der Waals surface area contributed by atoms with E-state index < -0.39 is 0 Å². The van der Waals surface area contributed by atoms with Crippen LogP contribution >= 0.6 is 11.6 Å². The fraction of sp³-hybridized carbons (Fsp3) is 0.200. The molecule has 1 aliphatic heterocycles. The zero-order chi connectivity index (χ0) is 17.2. The molecule has 0 atom stereocenters. The fourth-order valence-corrected chi connectivity index (χ4v) is 3.26. The number of aryl methyl sites for hydroxylation is 1. The summed E-state index contributed by atoms with van der Waals surface area (Å²) in [5.74, 6) is 1.52. The molecule has 0 saturated heterocycles. The van der Waals surface area contributed by atoms with Gasteiger partial charge < -0.3 is 10.2 Å². The summed E-state index contributed by atoms with van der Waals surface area (Å²) < 4.78 is 0. The van der Waals surface area contributed by atoms with Crippen LogP contribution in [0.2, 0.25) is 5.02 Å². The van der Waals surface area contributed by atoms with Gasteiger partial charge in [-0.1, -0.05) is 41.9 Å². The number of rotatable bonds is 3. The van der Waals surface area contributed by atoms with E-state index in [4.69, 9.17) is 11.6 Å². The highest BCUT2D eigenvalue weighted by molar-refractivity contribution is 6.31. The summed E-state index contributed by atoms with van der Waals surface area (Å²) >= 11 is 6.19. The van der Waals surface area contributed by atoms with Crippen LogP contribution in [0.4, 0.5) is 17.5 Å². The van der Waals surface area contributed by atoms with Gasteiger partial charge in [-0.3, -0.25) is 0 Å². The van der Waals surface area contributed by atoms with Gasteiger partial charge in [-0.05, 0) is 48.2 Å². The summed E-state index contributed by atoms with van der Waals surface area (Å²) in [6.07, 6.45) is 2.83. The van der Waals surface area contributed by atoms with Crippen molar-refractivity contribution in [2.75, 3.05) is 16.8 Å². The van der Waals surface area contributed by atoms with Crippen LogP contribution in [0.5, 0.6) is 0 Å². The van der Waals surface area contributed by atoms with Gasteiger partial charge in [0, 0.05) is 30.0 Å². The second-order valence-corrected chi connectivity index (χ2v) is 6.67. The molecule has 5 heteroatoms. The summed E-state index contributed by atoms with van der Waals surface area (Å²) in [5, 5.41) is 3.97. The second kappa shape index (κ2) is 6.73. The van der Waals surface area contributed by atoms with E-state index in [1.807, 2.05) is 31.2 Å². The molecule has 0 radical (unpaired) electrons. The summed E-state index contributed by atoms with van der Waals surface area (Å²) in [6.45, 7) is 3.82. The number of halogens is 1. The van der Waals surface area contributed by atoms with Crippen molar-refractivity contribution in [2.45, 2.75) is 19.9 Å². The smallest absolute Gasteiger partial charge is 0.229 e. The highest BCUT2D eigenvalue weighted by Crippen LogP contribution is 2.25. The van der Waals surface area contributed by atoms with Crippen LogP contribution in [0.3, 0.4) is 0 Å². The van der Waals surface area contributed by atoms with E-state index in [9.17, 15) is 0 Å². The topological polar surface area (TPSA) is 41.1 Å². The Morgan fingerprint density at radius 1 is 1.08 bits per heavy atom. The first-order chi connectivity index (χ1) is 12.2. The zero-order valence-electron chi connectivity index (χ0n) is 14.0. The lowest BCUT2D eigenvalue weighted by Crippen LogP contribution is -2.31. The molecule has 1 N–H and O–H groups in total. The molecule has 3 aromatic rings. The van der Waals surface area contributed by atoms with Crippen LogP contribution in [0.25, 0.3) is 0 Å². The summed E-state index contributed by atoms with van der Waals surface area (Å²) in [6, 6.07) is 16.4. The van der Waals surface area contributed by atoms with Crippen molar-refractivity contribution >= 4 is 29.1 Å². The normalized spacial score (nSPS) is 13.4. The van der Waals surface area contributed by atoms with Gasteiger partial charge in [0.1, 0.15) is 5.82 Å². The molecular formula is C20H19ClN4. The Hall–Kier alpha value is -2.59. The maximum Gasteiger partial charge on any atom is 0.229 e. The molecule has 25 heavy (non-hydrogen) atoms. The largest absolute Gasteiger partial charge is 0.352 e. The molecule has 1 aromatic heterocycles.